The van der Waals surface area contributed by atoms with Crippen molar-refractivity contribution in [3.05, 3.63) is 89.2 Å². The number of para-hydroxylation sites is 1. The lowest BCUT2D eigenvalue weighted by atomic mass is 9.99. The monoisotopic (exact) mass is 545 g/mol. The summed E-state index contributed by atoms with van der Waals surface area (Å²) in [5.41, 5.74) is 4.25. The van der Waals surface area contributed by atoms with Crippen molar-refractivity contribution in [2.75, 3.05) is 6.61 Å². The summed E-state index contributed by atoms with van der Waals surface area (Å²) in [7, 11) is 0. The zero-order valence-corrected chi connectivity index (χ0v) is 23.2. The summed E-state index contributed by atoms with van der Waals surface area (Å²) in [4.78, 5) is 23.6. The Labute approximate surface area is 233 Å². The highest BCUT2D eigenvalue weighted by Crippen LogP contribution is 2.33. The van der Waals surface area contributed by atoms with Gasteiger partial charge in [-0.1, -0.05) is 36.4 Å². The standard InChI is InChI=1S/C32H35NO7/c1-5-37-29(35)17-24-10-6-7-12-28(24)38-20-22-14-25-16-26(19-34)39-30(25)27(15-22)23-11-8-9-21(13-23)18-33-31(36)40-32(2,3)4/h6-16,19,29,35H,5,17-18,20H2,1-4H3,(H,33,36). The Kier molecular flexibility index (Phi) is 9.24. The molecule has 8 nitrogen and oxygen atoms in total. The van der Waals surface area contributed by atoms with Crippen molar-refractivity contribution in [2.45, 2.75) is 59.2 Å². The molecule has 4 rings (SSSR count). The van der Waals surface area contributed by atoms with E-state index in [2.05, 4.69) is 5.32 Å². The maximum Gasteiger partial charge on any atom is 0.407 e. The number of amides is 1. The molecule has 1 atom stereocenters. The summed E-state index contributed by atoms with van der Waals surface area (Å²) in [6.45, 7) is 8.24. The van der Waals surface area contributed by atoms with Gasteiger partial charge in [0.05, 0.1) is 0 Å². The average Bonchev–Trinajstić information content (AvgIpc) is 3.34. The number of carbonyl (C=O) groups excluding carboxylic acids is 2. The van der Waals surface area contributed by atoms with Crippen LogP contribution in [0, 0.1) is 0 Å². The average molecular weight is 546 g/mol. The maximum atomic E-state index is 12.1. The molecule has 0 aliphatic heterocycles. The number of aliphatic hydroxyl groups excluding tert-OH is 1. The highest BCUT2D eigenvalue weighted by molar-refractivity contribution is 5.96. The fourth-order valence-corrected chi connectivity index (χ4v) is 4.34. The topological polar surface area (TPSA) is 107 Å². The van der Waals surface area contributed by atoms with E-state index in [1.165, 1.54) is 0 Å². The first kappa shape index (κ1) is 28.9. The van der Waals surface area contributed by atoms with Crippen molar-refractivity contribution < 1.29 is 33.3 Å². The van der Waals surface area contributed by atoms with Gasteiger partial charge in [0.25, 0.3) is 0 Å². The number of aliphatic hydroxyl groups is 1. The Hall–Kier alpha value is -4.14. The van der Waals surface area contributed by atoms with Crippen molar-refractivity contribution >= 4 is 23.3 Å². The molecule has 210 valence electrons. The number of aldehydes is 1. The van der Waals surface area contributed by atoms with Crippen LogP contribution >= 0.6 is 0 Å². The van der Waals surface area contributed by atoms with Crippen LogP contribution in [0.15, 0.2) is 71.1 Å². The molecule has 0 saturated heterocycles. The van der Waals surface area contributed by atoms with Crippen LogP contribution < -0.4 is 10.1 Å². The lowest BCUT2D eigenvalue weighted by Crippen LogP contribution is -2.32. The Balaban J connectivity index is 1.59. The van der Waals surface area contributed by atoms with Crippen molar-refractivity contribution in [2.24, 2.45) is 0 Å². The van der Waals surface area contributed by atoms with Crippen LogP contribution in [-0.2, 0) is 29.0 Å². The molecule has 3 aromatic carbocycles. The summed E-state index contributed by atoms with van der Waals surface area (Å²) < 4.78 is 22.7. The van der Waals surface area contributed by atoms with E-state index in [1.807, 2.05) is 88.4 Å². The van der Waals surface area contributed by atoms with Gasteiger partial charge in [-0.25, -0.2) is 4.79 Å². The highest BCUT2D eigenvalue weighted by Gasteiger charge is 2.17. The normalized spacial score (nSPS) is 12.2. The van der Waals surface area contributed by atoms with Gasteiger partial charge < -0.3 is 29.1 Å². The third-order valence-corrected chi connectivity index (χ3v) is 6.01. The molecular weight excluding hydrogens is 510 g/mol. The summed E-state index contributed by atoms with van der Waals surface area (Å²) in [5.74, 6) is 0.881. The number of hydrogen-bond acceptors (Lipinski definition) is 7. The Bertz CT molecular complexity index is 1470. The minimum Gasteiger partial charge on any atom is -0.489 e. The Morgan fingerprint density at radius 2 is 1.85 bits per heavy atom. The van der Waals surface area contributed by atoms with E-state index in [-0.39, 0.29) is 18.9 Å². The van der Waals surface area contributed by atoms with Gasteiger partial charge in [-0.2, -0.15) is 0 Å². The Morgan fingerprint density at radius 3 is 2.60 bits per heavy atom. The lowest BCUT2D eigenvalue weighted by molar-refractivity contribution is -0.0930. The fourth-order valence-electron chi connectivity index (χ4n) is 4.34. The fraction of sp³-hybridized carbons (Fsp3) is 0.312. The Morgan fingerprint density at radius 1 is 1.05 bits per heavy atom. The number of carbonyl (C=O) groups is 2. The molecule has 0 saturated carbocycles. The van der Waals surface area contributed by atoms with Gasteiger partial charge in [0.15, 0.2) is 18.3 Å². The summed E-state index contributed by atoms with van der Waals surface area (Å²) in [5, 5.41) is 13.7. The first-order valence-electron chi connectivity index (χ1n) is 13.2. The summed E-state index contributed by atoms with van der Waals surface area (Å²) >= 11 is 0. The molecular formula is C32H35NO7. The molecule has 0 aliphatic carbocycles. The number of ether oxygens (including phenoxy) is 3. The number of hydrogen-bond donors (Lipinski definition) is 2. The summed E-state index contributed by atoms with van der Waals surface area (Å²) in [6.07, 6.45) is -0.415. The third-order valence-electron chi connectivity index (χ3n) is 6.01. The minimum atomic E-state index is -0.914. The molecule has 40 heavy (non-hydrogen) atoms. The maximum absolute atomic E-state index is 12.1. The van der Waals surface area contributed by atoms with Gasteiger partial charge in [0.2, 0.25) is 0 Å². The first-order chi connectivity index (χ1) is 19.1. The smallest absolute Gasteiger partial charge is 0.407 e. The van der Waals surface area contributed by atoms with Crippen molar-refractivity contribution in [1.29, 1.82) is 0 Å². The van der Waals surface area contributed by atoms with Crippen molar-refractivity contribution in [3.8, 4) is 16.9 Å². The molecule has 1 amide bonds. The van der Waals surface area contributed by atoms with E-state index in [9.17, 15) is 14.7 Å². The number of furan rings is 1. The van der Waals surface area contributed by atoms with Gasteiger partial charge in [-0.3, -0.25) is 4.79 Å². The molecule has 4 aromatic rings. The molecule has 2 N–H and O–H groups in total. The van der Waals surface area contributed by atoms with Gasteiger partial charge in [-0.15, -0.1) is 0 Å². The van der Waals surface area contributed by atoms with Crippen LogP contribution in [0.2, 0.25) is 0 Å². The van der Waals surface area contributed by atoms with Crippen molar-refractivity contribution in [1.82, 2.24) is 5.32 Å². The van der Waals surface area contributed by atoms with Crippen molar-refractivity contribution in [3.63, 3.8) is 0 Å². The first-order valence-corrected chi connectivity index (χ1v) is 13.2. The van der Waals surface area contributed by atoms with Crippen LogP contribution in [0.3, 0.4) is 0 Å². The zero-order chi connectivity index (χ0) is 28.7. The molecule has 0 radical (unpaired) electrons. The van der Waals surface area contributed by atoms with Crippen LogP contribution in [-0.4, -0.2) is 36.0 Å². The number of nitrogens with one attached hydrogen (secondary N) is 1. The van der Waals surface area contributed by atoms with Crippen LogP contribution in [0.5, 0.6) is 5.75 Å². The van der Waals surface area contributed by atoms with Gasteiger partial charge in [0.1, 0.15) is 23.5 Å². The molecule has 8 heteroatoms. The SMILES string of the molecule is CCOC(O)Cc1ccccc1OCc1cc(-c2cccc(CNC(=O)OC(C)(C)C)c2)c2oc(C=O)cc2c1. The predicted molar refractivity (Wildman–Crippen MR) is 152 cm³/mol. The molecule has 1 unspecified atom stereocenters. The number of rotatable bonds is 11. The molecule has 0 fully saturated rings. The van der Waals surface area contributed by atoms with E-state index in [4.69, 9.17) is 18.6 Å². The second-order valence-corrected chi connectivity index (χ2v) is 10.4. The second kappa shape index (κ2) is 12.8. The number of alkyl carbamates (subject to hydrolysis) is 1. The van der Waals surface area contributed by atoms with Gasteiger partial charge >= 0.3 is 6.09 Å². The largest absolute Gasteiger partial charge is 0.489 e. The lowest BCUT2D eigenvalue weighted by Gasteiger charge is -2.19. The minimum absolute atomic E-state index is 0.229. The van der Waals surface area contributed by atoms with Crippen LogP contribution in [0.25, 0.3) is 22.1 Å². The highest BCUT2D eigenvalue weighted by atomic mass is 16.6. The number of benzene rings is 3. The van der Waals surface area contributed by atoms with E-state index in [1.54, 1.807) is 6.07 Å². The van der Waals surface area contributed by atoms with E-state index < -0.39 is 18.0 Å². The van der Waals surface area contributed by atoms with Crippen LogP contribution in [0.4, 0.5) is 4.79 Å². The molecule has 1 heterocycles. The second-order valence-electron chi connectivity index (χ2n) is 10.4. The molecule has 0 spiro atoms. The van der Waals surface area contributed by atoms with E-state index in [0.29, 0.717) is 30.6 Å². The number of fused-ring (bicyclic) bond motifs is 1. The van der Waals surface area contributed by atoms with Crippen LogP contribution in [0.1, 0.15) is 54.9 Å². The van der Waals surface area contributed by atoms with E-state index in [0.717, 1.165) is 33.2 Å². The molecule has 0 aliphatic rings. The predicted octanol–water partition coefficient (Wildman–Crippen LogP) is 6.41. The zero-order valence-electron chi connectivity index (χ0n) is 23.2. The third kappa shape index (κ3) is 7.71. The molecule has 1 aromatic heterocycles. The quantitative estimate of drug-likeness (QED) is 0.166. The summed E-state index contributed by atoms with van der Waals surface area (Å²) in [6, 6.07) is 20.9. The van der Waals surface area contributed by atoms with E-state index >= 15 is 0 Å². The van der Waals surface area contributed by atoms with Gasteiger partial charge in [0, 0.05) is 30.5 Å². The van der Waals surface area contributed by atoms with Gasteiger partial charge in [-0.05, 0) is 80.3 Å². The molecule has 0 bridgehead atoms.